The van der Waals surface area contributed by atoms with Crippen molar-refractivity contribution in [2.45, 2.75) is 19.8 Å². The van der Waals surface area contributed by atoms with Gasteiger partial charge in [-0.2, -0.15) is 0 Å². The molecule has 0 unspecified atom stereocenters. The van der Waals surface area contributed by atoms with E-state index in [-0.39, 0.29) is 12.0 Å². The normalized spacial score (nSPS) is 18.0. The van der Waals surface area contributed by atoms with E-state index in [2.05, 4.69) is 9.88 Å². The summed E-state index contributed by atoms with van der Waals surface area (Å²) < 4.78 is 5.04. The molecule has 2 fully saturated rings. The molecule has 0 radical (unpaired) electrons. The zero-order chi connectivity index (χ0) is 16.9. The molecule has 3 rings (SSSR count). The molecule has 0 spiro atoms. The van der Waals surface area contributed by atoms with Crippen LogP contribution in [0.4, 0.5) is 10.5 Å². The van der Waals surface area contributed by atoms with Crippen LogP contribution in [0.15, 0.2) is 18.5 Å². The van der Waals surface area contributed by atoms with Crippen LogP contribution in [0.1, 0.15) is 30.1 Å². The number of pyridine rings is 1. The largest absolute Gasteiger partial charge is 0.450 e. The first-order valence-electron chi connectivity index (χ1n) is 8.60. The van der Waals surface area contributed by atoms with Crippen molar-refractivity contribution in [2.24, 2.45) is 0 Å². The van der Waals surface area contributed by atoms with Gasteiger partial charge >= 0.3 is 6.09 Å². The van der Waals surface area contributed by atoms with Gasteiger partial charge in [0.05, 0.1) is 24.1 Å². The number of anilines is 1. The van der Waals surface area contributed by atoms with Gasteiger partial charge in [-0.25, -0.2) is 4.79 Å². The highest BCUT2D eigenvalue weighted by atomic mass is 16.6. The summed E-state index contributed by atoms with van der Waals surface area (Å²) in [7, 11) is 0. The zero-order valence-corrected chi connectivity index (χ0v) is 14.1. The third kappa shape index (κ3) is 3.60. The minimum atomic E-state index is -0.256. The van der Waals surface area contributed by atoms with Crippen molar-refractivity contribution in [3.8, 4) is 0 Å². The van der Waals surface area contributed by atoms with E-state index in [9.17, 15) is 9.59 Å². The van der Waals surface area contributed by atoms with Crippen molar-refractivity contribution < 1.29 is 14.3 Å². The zero-order valence-electron chi connectivity index (χ0n) is 14.1. The number of hydrogen-bond donors (Lipinski definition) is 0. The summed E-state index contributed by atoms with van der Waals surface area (Å²) in [6, 6.07) is 1.91. The van der Waals surface area contributed by atoms with Gasteiger partial charge in [-0.1, -0.05) is 0 Å². The fraction of sp³-hybridized carbons (Fsp3) is 0.588. The highest BCUT2D eigenvalue weighted by Crippen LogP contribution is 2.19. The minimum Gasteiger partial charge on any atom is -0.450 e. The molecular formula is C17H24N4O3. The van der Waals surface area contributed by atoms with Crippen molar-refractivity contribution >= 4 is 17.7 Å². The first kappa shape index (κ1) is 16.5. The fourth-order valence-corrected chi connectivity index (χ4v) is 3.18. The van der Waals surface area contributed by atoms with Crippen LogP contribution in [-0.2, 0) is 4.74 Å². The monoisotopic (exact) mass is 332 g/mol. The van der Waals surface area contributed by atoms with Crippen LogP contribution < -0.4 is 4.90 Å². The van der Waals surface area contributed by atoms with Crippen molar-refractivity contribution in [1.29, 1.82) is 0 Å². The van der Waals surface area contributed by atoms with Crippen LogP contribution in [0.25, 0.3) is 0 Å². The van der Waals surface area contributed by atoms with E-state index in [0.717, 1.165) is 31.6 Å². The summed E-state index contributed by atoms with van der Waals surface area (Å²) in [5, 5.41) is 0. The molecule has 2 saturated heterocycles. The lowest BCUT2D eigenvalue weighted by atomic mass is 10.2. The van der Waals surface area contributed by atoms with Crippen molar-refractivity contribution in [1.82, 2.24) is 14.8 Å². The lowest BCUT2D eigenvalue weighted by Crippen LogP contribution is -2.49. The van der Waals surface area contributed by atoms with E-state index in [1.807, 2.05) is 17.9 Å². The lowest BCUT2D eigenvalue weighted by molar-refractivity contribution is 0.0792. The molecule has 0 aromatic carbocycles. The number of ether oxygens (including phenoxy) is 1. The van der Waals surface area contributed by atoms with Gasteiger partial charge in [0.25, 0.3) is 5.91 Å². The molecule has 1 aromatic heterocycles. The average Bonchev–Trinajstić information content (AvgIpc) is 3.16. The van der Waals surface area contributed by atoms with Crippen molar-refractivity contribution in [3.05, 3.63) is 24.0 Å². The highest BCUT2D eigenvalue weighted by molar-refractivity contribution is 5.95. The minimum absolute atomic E-state index is 0.0620. The molecule has 2 aliphatic rings. The molecule has 2 amide bonds. The molecule has 0 saturated carbocycles. The Bertz CT molecular complexity index is 593. The van der Waals surface area contributed by atoms with E-state index in [1.54, 1.807) is 17.3 Å². The van der Waals surface area contributed by atoms with Crippen LogP contribution >= 0.6 is 0 Å². The van der Waals surface area contributed by atoms with Gasteiger partial charge in [-0.05, 0) is 25.8 Å². The third-order valence-corrected chi connectivity index (χ3v) is 4.53. The summed E-state index contributed by atoms with van der Waals surface area (Å²) in [6.07, 6.45) is 5.32. The van der Waals surface area contributed by atoms with E-state index >= 15 is 0 Å². The molecule has 7 heteroatoms. The van der Waals surface area contributed by atoms with Gasteiger partial charge in [0.1, 0.15) is 0 Å². The Morgan fingerprint density at radius 3 is 2.42 bits per heavy atom. The number of aromatic nitrogens is 1. The van der Waals surface area contributed by atoms with Gasteiger partial charge < -0.3 is 19.4 Å². The quantitative estimate of drug-likeness (QED) is 0.841. The maximum absolute atomic E-state index is 12.5. The van der Waals surface area contributed by atoms with Crippen LogP contribution in [0, 0.1) is 0 Å². The Morgan fingerprint density at radius 2 is 1.75 bits per heavy atom. The Morgan fingerprint density at radius 1 is 1.04 bits per heavy atom. The van der Waals surface area contributed by atoms with Crippen LogP contribution in [0.5, 0.6) is 0 Å². The standard InChI is InChI=1S/C17H24N4O3/c1-2-24-17(23)21-9-7-19(8-10-21)15-11-14(12-18-13-15)16(22)20-5-3-4-6-20/h11-13H,2-10H2,1H3. The van der Waals surface area contributed by atoms with Crippen LogP contribution in [-0.4, -0.2) is 72.7 Å². The molecule has 0 aliphatic carbocycles. The Kier molecular flexibility index (Phi) is 5.17. The molecule has 7 nitrogen and oxygen atoms in total. The van der Waals surface area contributed by atoms with Crippen molar-refractivity contribution in [2.75, 3.05) is 50.8 Å². The number of hydrogen-bond acceptors (Lipinski definition) is 5. The van der Waals surface area contributed by atoms with Gasteiger partial charge in [0.2, 0.25) is 0 Å². The number of carbonyl (C=O) groups is 2. The second-order valence-electron chi connectivity index (χ2n) is 6.10. The first-order chi connectivity index (χ1) is 11.7. The number of rotatable bonds is 3. The molecule has 3 heterocycles. The number of carbonyl (C=O) groups excluding carboxylic acids is 2. The maximum atomic E-state index is 12.5. The smallest absolute Gasteiger partial charge is 0.409 e. The fourth-order valence-electron chi connectivity index (χ4n) is 3.18. The topological polar surface area (TPSA) is 66.0 Å². The second-order valence-corrected chi connectivity index (χ2v) is 6.10. The second kappa shape index (κ2) is 7.51. The maximum Gasteiger partial charge on any atom is 0.409 e. The third-order valence-electron chi connectivity index (χ3n) is 4.53. The Labute approximate surface area is 142 Å². The molecule has 0 atom stereocenters. The predicted molar refractivity (Wildman–Crippen MR) is 90.2 cm³/mol. The lowest BCUT2D eigenvalue weighted by Gasteiger charge is -2.35. The number of amides is 2. The van der Waals surface area contributed by atoms with E-state index in [1.165, 1.54) is 0 Å². The summed E-state index contributed by atoms with van der Waals surface area (Å²) in [5.41, 5.74) is 1.57. The van der Waals surface area contributed by atoms with E-state index in [0.29, 0.717) is 38.3 Å². The van der Waals surface area contributed by atoms with E-state index < -0.39 is 0 Å². The summed E-state index contributed by atoms with van der Waals surface area (Å²) in [5.74, 6) is 0.0620. The molecule has 2 aliphatic heterocycles. The van der Waals surface area contributed by atoms with Crippen LogP contribution in [0.2, 0.25) is 0 Å². The SMILES string of the molecule is CCOC(=O)N1CCN(c2cncc(C(=O)N3CCCC3)c2)CC1. The molecule has 24 heavy (non-hydrogen) atoms. The molecule has 0 bridgehead atoms. The molecule has 1 aromatic rings. The summed E-state index contributed by atoms with van der Waals surface area (Å²) in [4.78, 5) is 34.2. The van der Waals surface area contributed by atoms with Gasteiger partial charge in [-0.15, -0.1) is 0 Å². The average molecular weight is 332 g/mol. The number of piperazine rings is 1. The van der Waals surface area contributed by atoms with Crippen molar-refractivity contribution in [3.63, 3.8) is 0 Å². The predicted octanol–water partition coefficient (Wildman–Crippen LogP) is 1.60. The van der Waals surface area contributed by atoms with Gasteiger partial charge in [0, 0.05) is 45.5 Å². The molecule has 0 N–H and O–H groups in total. The first-order valence-corrected chi connectivity index (χ1v) is 8.60. The Hall–Kier alpha value is -2.31. The number of likely N-dealkylation sites (tertiary alicyclic amines) is 1. The van der Waals surface area contributed by atoms with Crippen LogP contribution in [0.3, 0.4) is 0 Å². The van der Waals surface area contributed by atoms with Gasteiger partial charge in [-0.3, -0.25) is 9.78 Å². The Balaban J connectivity index is 1.63. The highest BCUT2D eigenvalue weighted by Gasteiger charge is 2.24. The van der Waals surface area contributed by atoms with Gasteiger partial charge in [0.15, 0.2) is 0 Å². The number of nitrogens with zero attached hydrogens (tertiary/aromatic N) is 4. The van der Waals surface area contributed by atoms with E-state index in [4.69, 9.17) is 4.74 Å². The summed E-state index contributed by atoms with van der Waals surface area (Å²) in [6.45, 7) is 6.52. The summed E-state index contributed by atoms with van der Waals surface area (Å²) >= 11 is 0. The molecule has 130 valence electrons. The molecular weight excluding hydrogens is 308 g/mol.